The van der Waals surface area contributed by atoms with Gasteiger partial charge in [-0.2, -0.15) is 26.3 Å². The van der Waals surface area contributed by atoms with Gasteiger partial charge in [-0.25, -0.2) is 0 Å². The minimum absolute atomic E-state index is 0. The summed E-state index contributed by atoms with van der Waals surface area (Å²) >= 11 is 7.50. The van der Waals surface area contributed by atoms with Gasteiger partial charge in [-0.15, -0.1) is 0 Å². The fourth-order valence-corrected chi connectivity index (χ4v) is 3.48. The summed E-state index contributed by atoms with van der Waals surface area (Å²) in [5.41, 5.74) is 9.31. The van der Waals surface area contributed by atoms with Crippen LogP contribution in [-0.2, 0) is 17.1 Å². The quantitative estimate of drug-likeness (QED) is 0.153. The summed E-state index contributed by atoms with van der Waals surface area (Å²) in [6.45, 7) is 1.08. The predicted molar refractivity (Wildman–Crippen MR) is 120 cm³/mol. The second-order valence-corrected chi connectivity index (χ2v) is 7.98. The predicted octanol–water partition coefficient (Wildman–Crippen LogP) is 7.43. The largest absolute Gasteiger partial charge is 0.481 e. The minimum Gasteiger partial charge on any atom is -0.481 e. The Kier molecular flexibility index (Phi) is 13.0. The molecule has 0 amide bonds. The van der Waals surface area contributed by atoms with Crippen molar-refractivity contribution >= 4 is 71.8 Å². The van der Waals surface area contributed by atoms with E-state index in [1.54, 1.807) is 0 Å². The van der Waals surface area contributed by atoms with Crippen molar-refractivity contribution < 1.29 is 36.2 Å². The molecule has 0 heterocycles. The van der Waals surface area contributed by atoms with Gasteiger partial charge in [-0.3, -0.25) is 4.79 Å². The molecule has 0 radical (unpaired) electrons. The van der Waals surface area contributed by atoms with Crippen LogP contribution >= 0.6 is 54.5 Å². The van der Waals surface area contributed by atoms with Crippen LogP contribution in [0.2, 0.25) is 0 Å². The maximum Gasteiger partial charge on any atom is 0.417 e. The van der Waals surface area contributed by atoms with E-state index in [1.807, 2.05) is 22.6 Å². The second-order valence-electron chi connectivity index (χ2n) is 5.11. The van der Waals surface area contributed by atoms with Crippen molar-refractivity contribution in [1.29, 1.82) is 0 Å². The highest BCUT2D eigenvalue weighted by atomic mass is 127. The molecule has 0 aliphatic carbocycles. The van der Waals surface area contributed by atoms with Gasteiger partial charge in [0, 0.05) is 30.8 Å². The van der Waals surface area contributed by atoms with Gasteiger partial charge in [0.1, 0.15) is 0 Å². The topological polar surface area (TPSA) is 89.3 Å². The number of hydrogen-bond acceptors (Lipinski definition) is 3. The molecule has 0 atom stereocenters. The van der Waals surface area contributed by atoms with Gasteiger partial charge in [0.15, 0.2) is 0 Å². The molecular weight excluding hydrogens is 665 g/mol. The number of nitrogens with two attached hydrogens (primary N) is 2. The zero-order valence-electron chi connectivity index (χ0n) is 14.3. The van der Waals surface area contributed by atoms with Crippen molar-refractivity contribution in [1.82, 2.24) is 0 Å². The molecule has 0 aliphatic heterocycles. The van der Waals surface area contributed by atoms with E-state index in [0.29, 0.717) is 3.57 Å². The summed E-state index contributed by atoms with van der Waals surface area (Å²) in [6.07, 6.45) is -8.72. The van der Waals surface area contributed by atoms with Crippen molar-refractivity contribution in [3.8, 4) is 0 Å². The average Bonchev–Trinajstić information content (AvgIpc) is 2.51. The first kappa shape index (κ1) is 31.0. The molecule has 0 bridgehead atoms. The molecular formula is C17H17Br2F6IN2O2. The van der Waals surface area contributed by atoms with E-state index in [-0.39, 0.29) is 27.7 Å². The molecule has 0 spiro atoms. The Bertz CT molecular complexity index is 857. The highest BCUT2D eigenvalue weighted by Crippen LogP contribution is 2.37. The van der Waals surface area contributed by atoms with Crippen LogP contribution in [0, 0.1) is 3.57 Å². The average molecular weight is 682 g/mol. The molecule has 4 nitrogen and oxygen atoms in total. The Balaban J connectivity index is 0. The first-order chi connectivity index (χ1) is 13.0. The number of aliphatic carboxylic acids is 1. The lowest BCUT2D eigenvalue weighted by atomic mass is 10.2. The van der Waals surface area contributed by atoms with Gasteiger partial charge in [-0.05, 0) is 52.9 Å². The van der Waals surface area contributed by atoms with E-state index in [9.17, 15) is 26.3 Å². The Morgan fingerprint density at radius 3 is 1.70 bits per heavy atom. The van der Waals surface area contributed by atoms with Gasteiger partial charge in [0.25, 0.3) is 5.97 Å². The van der Waals surface area contributed by atoms with E-state index in [2.05, 4.69) is 31.9 Å². The summed E-state index contributed by atoms with van der Waals surface area (Å²) in [7, 11) is 0. The molecule has 5 N–H and O–H groups in total. The Morgan fingerprint density at radius 1 is 0.933 bits per heavy atom. The Hall–Kier alpha value is -1.22. The van der Waals surface area contributed by atoms with E-state index < -0.39 is 29.4 Å². The van der Waals surface area contributed by atoms with Gasteiger partial charge in [-0.1, -0.05) is 39.3 Å². The number of benzene rings is 2. The van der Waals surface area contributed by atoms with Gasteiger partial charge in [0.05, 0.1) is 11.1 Å². The van der Waals surface area contributed by atoms with Crippen LogP contribution in [0.3, 0.4) is 0 Å². The van der Waals surface area contributed by atoms with Gasteiger partial charge < -0.3 is 16.6 Å². The third kappa shape index (κ3) is 11.2. The highest BCUT2D eigenvalue weighted by molar-refractivity contribution is 14.1. The summed E-state index contributed by atoms with van der Waals surface area (Å²) in [6, 6.07) is 5.84. The van der Waals surface area contributed by atoms with E-state index in [0.717, 1.165) is 19.1 Å². The zero-order chi connectivity index (χ0) is 23.2. The van der Waals surface area contributed by atoms with Crippen LogP contribution in [0.4, 0.5) is 37.7 Å². The summed E-state index contributed by atoms with van der Waals surface area (Å²) in [5, 5.41) is 7.42. The monoisotopic (exact) mass is 680 g/mol. The molecule has 30 heavy (non-hydrogen) atoms. The molecule has 0 unspecified atom stereocenters. The van der Waals surface area contributed by atoms with Crippen LogP contribution in [0.1, 0.15) is 25.5 Å². The summed E-state index contributed by atoms with van der Waals surface area (Å²) in [4.78, 5) is 9.00. The molecule has 0 aliphatic rings. The smallest absolute Gasteiger partial charge is 0.417 e. The number of rotatable bonds is 0. The third-order valence-corrected chi connectivity index (χ3v) is 4.97. The van der Waals surface area contributed by atoms with Crippen LogP contribution in [0.5, 0.6) is 0 Å². The maximum atomic E-state index is 12.3. The van der Waals surface area contributed by atoms with Crippen molar-refractivity contribution in [2.24, 2.45) is 0 Å². The summed E-state index contributed by atoms with van der Waals surface area (Å²) in [5.74, 6) is -0.833. The van der Waals surface area contributed by atoms with E-state index >= 15 is 0 Å². The lowest BCUT2D eigenvalue weighted by Crippen LogP contribution is -2.07. The molecule has 2 aromatic rings. The van der Waals surface area contributed by atoms with Crippen LogP contribution in [0.25, 0.3) is 0 Å². The molecule has 0 fully saturated rings. The SMILES string of the molecule is C.CC(=O)O.Nc1cc(C(F)(F)F)c(Br)cc1I.Nc1ccc(Br)c(C(F)(F)F)c1. The van der Waals surface area contributed by atoms with Crippen molar-refractivity contribution in [3.05, 3.63) is 54.0 Å². The number of carbonyl (C=O) groups is 1. The number of hydrogen-bond donors (Lipinski definition) is 3. The fraction of sp³-hybridized carbons (Fsp3) is 0.235. The maximum absolute atomic E-state index is 12.3. The third-order valence-electron chi connectivity index (χ3n) is 2.69. The highest BCUT2D eigenvalue weighted by Gasteiger charge is 2.34. The number of alkyl halides is 6. The van der Waals surface area contributed by atoms with Crippen LogP contribution in [0.15, 0.2) is 39.3 Å². The molecule has 13 heteroatoms. The zero-order valence-corrected chi connectivity index (χ0v) is 19.6. The normalized spacial score (nSPS) is 10.6. The lowest BCUT2D eigenvalue weighted by molar-refractivity contribution is -0.139. The first-order valence-electron chi connectivity index (χ1n) is 7.10. The molecule has 2 aromatic carbocycles. The number of carboxylic acid groups (broad SMARTS) is 1. The second kappa shape index (κ2) is 12.6. The van der Waals surface area contributed by atoms with E-state index in [4.69, 9.17) is 21.4 Å². The minimum atomic E-state index is -4.36. The molecule has 0 saturated carbocycles. The number of anilines is 2. The van der Waals surface area contributed by atoms with Gasteiger partial charge in [0.2, 0.25) is 0 Å². The van der Waals surface area contributed by atoms with Crippen LogP contribution < -0.4 is 11.5 Å². The number of nitrogen functional groups attached to an aromatic ring is 2. The molecule has 2 rings (SSSR count). The Labute approximate surface area is 199 Å². The number of carboxylic acids is 1. The first-order valence-corrected chi connectivity index (χ1v) is 9.76. The van der Waals surface area contributed by atoms with Crippen molar-refractivity contribution in [2.45, 2.75) is 26.7 Å². The standard InChI is InChI=1S/C7H4BrF3IN.C7H5BrF3N.C2H4O2.CH4/c8-4-2-5(12)6(13)1-3(4)7(9,10)11;8-6-2-1-4(12)3-5(6)7(9,10)11;1-2(3)4;/h1-2H,13H2;1-3H,12H2;1H3,(H,3,4);1H4. The Morgan fingerprint density at radius 2 is 1.33 bits per heavy atom. The number of halogens is 9. The van der Waals surface area contributed by atoms with Crippen molar-refractivity contribution in [3.63, 3.8) is 0 Å². The van der Waals surface area contributed by atoms with Gasteiger partial charge >= 0.3 is 12.4 Å². The summed E-state index contributed by atoms with van der Waals surface area (Å²) < 4.78 is 73.9. The van der Waals surface area contributed by atoms with Crippen LogP contribution in [-0.4, -0.2) is 11.1 Å². The van der Waals surface area contributed by atoms with E-state index in [1.165, 1.54) is 18.2 Å². The fourth-order valence-electron chi connectivity index (χ4n) is 1.54. The molecule has 0 saturated heterocycles. The molecule has 0 aromatic heterocycles. The lowest BCUT2D eigenvalue weighted by Gasteiger charge is -2.10. The molecule has 170 valence electrons. The van der Waals surface area contributed by atoms with Crippen molar-refractivity contribution in [2.75, 3.05) is 11.5 Å².